The Bertz CT molecular complexity index is 544. The topological polar surface area (TPSA) is 66.4 Å². The molecule has 1 saturated carbocycles. The molecule has 1 unspecified atom stereocenters. The van der Waals surface area contributed by atoms with Crippen molar-refractivity contribution in [3.63, 3.8) is 0 Å². The first-order valence-electron chi connectivity index (χ1n) is 6.90. The fourth-order valence-corrected chi connectivity index (χ4v) is 3.12. The van der Waals surface area contributed by atoms with Gasteiger partial charge in [0.05, 0.1) is 11.8 Å². The molecular formula is C15H17ClFNO3. The summed E-state index contributed by atoms with van der Waals surface area (Å²) in [5.41, 5.74) is 0.245. The molecule has 0 spiro atoms. The number of rotatable bonds is 4. The van der Waals surface area contributed by atoms with Gasteiger partial charge >= 0.3 is 5.97 Å². The highest BCUT2D eigenvalue weighted by molar-refractivity contribution is 6.30. The molecular weight excluding hydrogens is 297 g/mol. The monoisotopic (exact) mass is 313 g/mol. The Hall–Kier alpha value is -1.62. The van der Waals surface area contributed by atoms with Crippen LogP contribution >= 0.6 is 11.6 Å². The van der Waals surface area contributed by atoms with E-state index in [2.05, 4.69) is 5.32 Å². The second kappa shape index (κ2) is 6.43. The number of carboxylic acids is 1. The van der Waals surface area contributed by atoms with E-state index in [0.717, 1.165) is 18.6 Å². The lowest BCUT2D eigenvalue weighted by molar-refractivity contribution is -0.145. The lowest BCUT2D eigenvalue weighted by atomic mass is 9.95. The summed E-state index contributed by atoms with van der Waals surface area (Å²) in [5, 5.41) is 12.0. The molecule has 1 amide bonds. The summed E-state index contributed by atoms with van der Waals surface area (Å²) in [6.07, 6.45) is 1.90. The van der Waals surface area contributed by atoms with Crippen molar-refractivity contribution in [3.05, 3.63) is 29.0 Å². The molecule has 114 valence electrons. The number of carboxylic acid groups (broad SMARTS) is 1. The summed E-state index contributed by atoms with van der Waals surface area (Å²) in [4.78, 5) is 23.6. The number of nitrogens with one attached hydrogen (secondary N) is 1. The van der Waals surface area contributed by atoms with Crippen molar-refractivity contribution in [2.45, 2.75) is 26.2 Å². The van der Waals surface area contributed by atoms with Gasteiger partial charge in [-0.1, -0.05) is 24.9 Å². The van der Waals surface area contributed by atoms with Crippen molar-refractivity contribution in [3.8, 4) is 0 Å². The minimum atomic E-state index is -0.955. The van der Waals surface area contributed by atoms with E-state index in [0.29, 0.717) is 12.8 Å². The van der Waals surface area contributed by atoms with Gasteiger partial charge in [0.1, 0.15) is 5.82 Å². The molecule has 1 fully saturated rings. The van der Waals surface area contributed by atoms with Crippen molar-refractivity contribution in [2.24, 2.45) is 17.8 Å². The standard InChI is InChI=1S/C15H17ClFNO3/c1-2-8-3-12(13(4-8)15(20)21)14(19)18-11-6-9(16)5-10(17)7-11/h5-8,12-13H,2-4H2,1H3,(H,18,19)(H,20,21)/t8?,12-,13+/m0/s1. The summed E-state index contributed by atoms with van der Waals surface area (Å²) in [6.45, 7) is 1.98. The van der Waals surface area contributed by atoms with Gasteiger partial charge in [0.2, 0.25) is 5.91 Å². The number of anilines is 1. The first kappa shape index (κ1) is 15.8. The van der Waals surface area contributed by atoms with Crippen LogP contribution in [0, 0.1) is 23.6 Å². The Morgan fingerprint density at radius 2 is 2.00 bits per heavy atom. The fraction of sp³-hybridized carbons (Fsp3) is 0.467. The zero-order valence-electron chi connectivity index (χ0n) is 11.6. The van der Waals surface area contributed by atoms with Gasteiger partial charge in [-0.15, -0.1) is 0 Å². The molecule has 1 aromatic rings. The first-order chi connectivity index (χ1) is 9.90. The van der Waals surface area contributed by atoms with Gasteiger partial charge in [-0.25, -0.2) is 4.39 Å². The summed E-state index contributed by atoms with van der Waals surface area (Å²) in [5.74, 6) is -2.93. The number of carbonyl (C=O) groups is 2. The predicted octanol–water partition coefficient (Wildman–Crippen LogP) is 3.55. The largest absolute Gasteiger partial charge is 0.481 e. The van der Waals surface area contributed by atoms with Crippen molar-refractivity contribution in [2.75, 3.05) is 5.32 Å². The molecule has 0 saturated heterocycles. The number of carbonyl (C=O) groups excluding carboxylic acids is 1. The number of aliphatic carboxylic acids is 1. The molecule has 0 aromatic heterocycles. The van der Waals surface area contributed by atoms with Crippen LogP contribution in [0.4, 0.5) is 10.1 Å². The Balaban J connectivity index is 2.13. The van der Waals surface area contributed by atoms with E-state index in [1.807, 2.05) is 6.92 Å². The van der Waals surface area contributed by atoms with Crippen molar-refractivity contribution in [1.82, 2.24) is 0 Å². The molecule has 0 aliphatic heterocycles. The minimum Gasteiger partial charge on any atom is -0.481 e. The third-order valence-corrected chi connectivity index (χ3v) is 4.24. The molecule has 0 radical (unpaired) electrons. The molecule has 1 aromatic carbocycles. The quantitative estimate of drug-likeness (QED) is 0.893. The number of hydrogen-bond acceptors (Lipinski definition) is 2. The van der Waals surface area contributed by atoms with Crippen molar-refractivity contribution >= 4 is 29.2 Å². The Morgan fingerprint density at radius 3 is 2.57 bits per heavy atom. The molecule has 0 heterocycles. The number of hydrogen-bond donors (Lipinski definition) is 2. The second-order valence-electron chi connectivity index (χ2n) is 5.44. The first-order valence-corrected chi connectivity index (χ1v) is 7.28. The molecule has 21 heavy (non-hydrogen) atoms. The highest BCUT2D eigenvalue weighted by Gasteiger charge is 2.42. The molecule has 1 aliphatic carbocycles. The molecule has 3 atom stereocenters. The Labute approximate surface area is 127 Å². The van der Waals surface area contributed by atoms with E-state index >= 15 is 0 Å². The van der Waals surface area contributed by atoms with E-state index in [1.54, 1.807) is 0 Å². The van der Waals surface area contributed by atoms with E-state index in [4.69, 9.17) is 11.6 Å². The maximum Gasteiger partial charge on any atom is 0.307 e. The molecule has 2 rings (SSSR count). The maximum atomic E-state index is 13.2. The van der Waals surface area contributed by atoms with Crippen LogP contribution in [0.25, 0.3) is 0 Å². The van der Waals surface area contributed by atoms with Crippen LogP contribution in [-0.2, 0) is 9.59 Å². The molecule has 2 N–H and O–H groups in total. The van der Waals surface area contributed by atoms with Gasteiger partial charge in [-0.05, 0) is 37.0 Å². The summed E-state index contributed by atoms with van der Waals surface area (Å²) in [6, 6.07) is 3.73. The summed E-state index contributed by atoms with van der Waals surface area (Å²) < 4.78 is 13.2. The highest BCUT2D eigenvalue weighted by Crippen LogP contribution is 2.39. The van der Waals surface area contributed by atoms with Crippen LogP contribution in [-0.4, -0.2) is 17.0 Å². The summed E-state index contributed by atoms with van der Waals surface area (Å²) >= 11 is 5.73. The van der Waals surface area contributed by atoms with Gasteiger partial charge in [-0.3, -0.25) is 9.59 Å². The lowest BCUT2D eigenvalue weighted by Gasteiger charge is -2.15. The van der Waals surface area contributed by atoms with Crippen LogP contribution in [0.2, 0.25) is 5.02 Å². The van der Waals surface area contributed by atoms with Crippen molar-refractivity contribution < 1.29 is 19.1 Å². The van der Waals surface area contributed by atoms with Crippen LogP contribution < -0.4 is 5.32 Å². The van der Waals surface area contributed by atoms with Crippen LogP contribution in [0.1, 0.15) is 26.2 Å². The number of halogens is 2. The Morgan fingerprint density at radius 1 is 1.33 bits per heavy atom. The van der Waals surface area contributed by atoms with Gasteiger partial charge in [0, 0.05) is 10.7 Å². The molecule has 6 heteroatoms. The normalized spacial score (nSPS) is 24.8. The third-order valence-electron chi connectivity index (χ3n) is 4.02. The van der Waals surface area contributed by atoms with Crippen LogP contribution in [0.15, 0.2) is 18.2 Å². The number of amides is 1. The fourth-order valence-electron chi connectivity index (χ4n) is 2.90. The third kappa shape index (κ3) is 3.73. The highest BCUT2D eigenvalue weighted by atomic mass is 35.5. The smallest absolute Gasteiger partial charge is 0.307 e. The maximum absolute atomic E-state index is 13.2. The average molecular weight is 314 g/mol. The minimum absolute atomic E-state index is 0.179. The Kier molecular flexibility index (Phi) is 4.83. The predicted molar refractivity (Wildman–Crippen MR) is 77.7 cm³/mol. The lowest BCUT2D eigenvalue weighted by Crippen LogP contribution is -2.30. The molecule has 0 bridgehead atoms. The molecule has 4 nitrogen and oxygen atoms in total. The van der Waals surface area contributed by atoms with Gasteiger partial charge in [0.15, 0.2) is 0 Å². The number of benzene rings is 1. The average Bonchev–Trinajstić information content (AvgIpc) is 2.81. The van der Waals surface area contributed by atoms with Gasteiger partial charge < -0.3 is 10.4 Å². The SMILES string of the molecule is CCC1C[C@H](C(=O)Nc2cc(F)cc(Cl)c2)[C@H](C(=O)O)C1. The summed E-state index contributed by atoms with van der Waals surface area (Å²) in [7, 11) is 0. The van der Waals surface area contributed by atoms with Crippen molar-refractivity contribution in [1.29, 1.82) is 0 Å². The second-order valence-corrected chi connectivity index (χ2v) is 5.88. The van der Waals surface area contributed by atoms with E-state index in [1.165, 1.54) is 6.07 Å². The van der Waals surface area contributed by atoms with E-state index < -0.39 is 23.6 Å². The van der Waals surface area contributed by atoms with Gasteiger partial charge in [-0.2, -0.15) is 0 Å². The van der Waals surface area contributed by atoms with Crippen LogP contribution in [0.5, 0.6) is 0 Å². The van der Waals surface area contributed by atoms with E-state index in [9.17, 15) is 19.1 Å². The van der Waals surface area contributed by atoms with Gasteiger partial charge in [0.25, 0.3) is 0 Å². The van der Waals surface area contributed by atoms with E-state index in [-0.39, 0.29) is 22.5 Å². The van der Waals surface area contributed by atoms with Crippen LogP contribution in [0.3, 0.4) is 0 Å². The molecule has 1 aliphatic rings. The zero-order chi connectivity index (χ0) is 15.6. The zero-order valence-corrected chi connectivity index (χ0v) is 12.4.